The van der Waals surface area contributed by atoms with E-state index < -0.39 is 0 Å². The smallest absolute Gasteiger partial charge is 0.345 e. The van der Waals surface area contributed by atoms with Crippen molar-refractivity contribution in [3.05, 3.63) is 58.5 Å². The van der Waals surface area contributed by atoms with E-state index in [0.29, 0.717) is 16.8 Å². The van der Waals surface area contributed by atoms with Gasteiger partial charge in [0.05, 0.1) is 22.6 Å². The Bertz CT molecular complexity index is 1330. The lowest BCUT2D eigenvalue weighted by atomic mass is 10.0. The maximum atomic E-state index is 12.8. The van der Waals surface area contributed by atoms with Gasteiger partial charge in [0.25, 0.3) is 0 Å². The third-order valence-corrected chi connectivity index (χ3v) is 5.66. The van der Waals surface area contributed by atoms with Gasteiger partial charge in [-0.3, -0.25) is 4.98 Å². The van der Waals surface area contributed by atoms with Gasteiger partial charge in [0.1, 0.15) is 5.58 Å². The van der Waals surface area contributed by atoms with Crippen LogP contribution in [0.5, 0.6) is 0 Å². The summed E-state index contributed by atoms with van der Waals surface area (Å²) in [5, 5.41) is 4.40. The molecule has 1 saturated heterocycles. The van der Waals surface area contributed by atoms with E-state index in [0.717, 1.165) is 47.7 Å². The molecule has 0 bridgehead atoms. The Morgan fingerprint density at radius 3 is 2.77 bits per heavy atom. The molecule has 0 amide bonds. The molecule has 30 heavy (non-hydrogen) atoms. The number of hydrogen-bond acceptors (Lipinski definition) is 6. The molecular formula is C23H25N5O2. The average molecular weight is 403 g/mol. The summed E-state index contributed by atoms with van der Waals surface area (Å²) in [5.41, 5.74) is 4.85. The predicted molar refractivity (Wildman–Crippen MR) is 118 cm³/mol. The van der Waals surface area contributed by atoms with Crippen LogP contribution in [0, 0.1) is 13.8 Å². The Hall–Kier alpha value is -3.19. The van der Waals surface area contributed by atoms with Gasteiger partial charge in [0.2, 0.25) is 0 Å². The first-order valence-corrected chi connectivity index (χ1v) is 10.2. The molecular weight excluding hydrogens is 378 g/mol. The number of imidazole rings is 1. The highest BCUT2D eigenvalue weighted by molar-refractivity contribution is 5.84. The maximum Gasteiger partial charge on any atom is 0.345 e. The molecule has 4 aromatic rings. The van der Waals surface area contributed by atoms with E-state index in [2.05, 4.69) is 40.1 Å². The van der Waals surface area contributed by atoms with Crippen LogP contribution in [0.3, 0.4) is 0 Å². The number of anilines is 1. The zero-order chi connectivity index (χ0) is 21.0. The summed E-state index contributed by atoms with van der Waals surface area (Å²) < 4.78 is 7.63. The van der Waals surface area contributed by atoms with E-state index in [1.54, 1.807) is 0 Å². The number of benzene rings is 1. The molecule has 0 atom stereocenters. The molecule has 0 spiro atoms. The van der Waals surface area contributed by atoms with Gasteiger partial charge in [-0.15, -0.1) is 0 Å². The largest absolute Gasteiger partial charge is 0.422 e. The van der Waals surface area contributed by atoms with Crippen LogP contribution in [-0.4, -0.2) is 39.5 Å². The number of hydrogen-bond donors (Lipinski definition) is 1. The first-order valence-electron chi connectivity index (χ1n) is 10.2. The third-order valence-electron chi connectivity index (χ3n) is 5.66. The molecule has 0 aliphatic carbocycles. The third kappa shape index (κ3) is 3.25. The summed E-state index contributed by atoms with van der Waals surface area (Å²) in [6, 6.07) is 7.93. The fourth-order valence-electron chi connectivity index (χ4n) is 4.27. The summed E-state index contributed by atoms with van der Waals surface area (Å²) in [6.07, 6.45) is 3.76. The average Bonchev–Trinajstić information content (AvgIpc) is 3.10. The highest BCUT2D eigenvalue weighted by atomic mass is 16.4. The van der Waals surface area contributed by atoms with Crippen LogP contribution in [0.4, 0.5) is 5.69 Å². The number of aromatic nitrogens is 3. The van der Waals surface area contributed by atoms with Crippen LogP contribution in [0.15, 0.2) is 45.9 Å². The van der Waals surface area contributed by atoms with Gasteiger partial charge in [-0.05, 0) is 45.9 Å². The van der Waals surface area contributed by atoms with Crippen LogP contribution in [0.1, 0.15) is 25.2 Å². The predicted octanol–water partition coefficient (Wildman–Crippen LogP) is 3.31. The number of nitrogens with one attached hydrogen (secondary N) is 1. The van der Waals surface area contributed by atoms with Gasteiger partial charge in [-0.2, -0.15) is 0 Å². The Kier molecular flexibility index (Phi) is 4.18. The Labute approximate surface area is 174 Å². The quantitative estimate of drug-likeness (QED) is 0.518. The second-order valence-corrected chi connectivity index (χ2v) is 8.73. The van der Waals surface area contributed by atoms with Crippen molar-refractivity contribution in [2.75, 3.05) is 24.5 Å². The fourth-order valence-corrected chi connectivity index (χ4v) is 4.27. The van der Waals surface area contributed by atoms with E-state index in [4.69, 9.17) is 4.42 Å². The molecule has 1 aliphatic rings. The molecule has 1 fully saturated rings. The molecule has 4 heterocycles. The number of aryl methyl sites for hydroxylation is 2. The number of piperazine rings is 1. The second kappa shape index (κ2) is 6.67. The molecule has 0 unspecified atom stereocenters. The molecule has 7 nitrogen and oxygen atoms in total. The van der Waals surface area contributed by atoms with E-state index >= 15 is 0 Å². The van der Waals surface area contributed by atoms with Crippen molar-refractivity contribution in [2.24, 2.45) is 0 Å². The van der Waals surface area contributed by atoms with Crippen LogP contribution < -0.4 is 15.8 Å². The molecule has 0 radical (unpaired) electrons. The van der Waals surface area contributed by atoms with E-state index in [1.165, 1.54) is 0 Å². The highest BCUT2D eigenvalue weighted by Crippen LogP contribution is 2.27. The minimum absolute atomic E-state index is 0.0480. The molecule has 1 aliphatic heterocycles. The van der Waals surface area contributed by atoms with E-state index in [9.17, 15) is 4.79 Å². The van der Waals surface area contributed by atoms with Gasteiger partial charge in [0.15, 0.2) is 5.65 Å². The van der Waals surface area contributed by atoms with Crippen molar-refractivity contribution in [2.45, 2.75) is 33.2 Å². The lowest BCUT2D eigenvalue weighted by Crippen LogP contribution is -2.57. The maximum absolute atomic E-state index is 12.8. The number of rotatable bonds is 2. The van der Waals surface area contributed by atoms with Crippen LogP contribution in [0.25, 0.3) is 27.9 Å². The van der Waals surface area contributed by atoms with Crippen LogP contribution >= 0.6 is 0 Å². The second-order valence-electron chi connectivity index (χ2n) is 8.73. The van der Waals surface area contributed by atoms with Gasteiger partial charge >= 0.3 is 5.63 Å². The topological polar surface area (TPSA) is 75.7 Å². The lowest BCUT2D eigenvalue weighted by molar-refractivity contribution is 0.353. The van der Waals surface area contributed by atoms with Crippen molar-refractivity contribution >= 4 is 22.3 Å². The Balaban J connectivity index is 1.56. The zero-order valence-corrected chi connectivity index (χ0v) is 17.7. The molecule has 3 aromatic heterocycles. The molecule has 7 heteroatoms. The van der Waals surface area contributed by atoms with Gasteiger partial charge in [0, 0.05) is 54.7 Å². The summed E-state index contributed by atoms with van der Waals surface area (Å²) in [6.45, 7) is 11.0. The summed E-state index contributed by atoms with van der Waals surface area (Å²) >= 11 is 0. The van der Waals surface area contributed by atoms with Crippen LogP contribution in [-0.2, 0) is 0 Å². The van der Waals surface area contributed by atoms with E-state index in [1.807, 2.05) is 48.8 Å². The summed E-state index contributed by atoms with van der Waals surface area (Å²) in [5.74, 6) is 0. The first kappa shape index (κ1) is 18.8. The zero-order valence-electron chi connectivity index (χ0n) is 17.7. The Morgan fingerprint density at radius 1 is 1.13 bits per heavy atom. The van der Waals surface area contributed by atoms with E-state index in [-0.39, 0.29) is 11.2 Å². The van der Waals surface area contributed by atoms with Crippen LogP contribution in [0.2, 0.25) is 0 Å². The minimum Gasteiger partial charge on any atom is -0.422 e. The minimum atomic E-state index is -0.383. The SMILES string of the molecule is Cc1cn2cc(-c3cc4ccc(N5CCNC(C)(C)C5)cc4oc3=O)nc2c(C)n1. The van der Waals surface area contributed by atoms with Gasteiger partial charge in [-0.1, -0.05) is 0 Å². The number of nitrogens with zero attached hydrogens (tertiary/aromatic N) is 4. The molecule has 154 valence electrons. The monoisotopic (exact) mass is 403 g/mol. The molecule has 1 aromatic carbocycles. The molecule has 1 N–H and O–H groups in total. The number of fused-ring (bicyclic) bond motifs is 2. The standard InChI is InChI=1S/C23H25N5O2/c1-14-11-28-12-19(26-21(28)15(2)25-14)18-9-16-5-6-17(10-20(16)30-22(18)29)27-8-7-24-23(3,4)13-27/h5-6,9-12,24H,7-8,13H2,1-4H3. The van der Waals surface area contributed by atoms with Crippen molar-refractivity contribution in [1.29, 1.82) is 0 Å². The summed E-state index contributed by atoms with van der Waals surface area (Å²) in [4.78, 5) is 24.2. The van der Waals surface area contributed by atoms with Crippen molar-refractivity contribution in [3.8, 4) is 11.3 Å². The highest BCUT2D eigenvalue weighted by Gasteiger charge is 2.26. The lowest BCUT2D eigenvalue weighted by Gasteiger charge is -2.40. The molecule has 0 saturated carbocycles. The normalized spacial score (nSPS) is 16.5. The summed E-state index contributed by atoms with van der Waals surface area (Å²) in [7, 11) is 0. The van der Waals surface area contributed by atoms with Crippen molar-refractivity contribution in [1.82, 2.24) is 19.7 Å². The fraction of sp³-hybridized carbons (Fsp3) is 0.348. The Morgan fingerprint density at radius 2 is 1.97 bits per heavy atom. The van der Waals surface area contributed by atoms with Gasteiger partial charge in [-0.25, -0.2) is 9.78 Å². The van der Waals surface area contributed by atoms with Crippen molar-refractivity contribution < 1.29 is 4.42 Å². The first-order chi connectivity index (χ1) is 14.3. The van der Waals surface area contributed by atoms with Gasteiger partial charge < -0.3 is 19.0 Å². The molecule has 5 rings (SSSR count). The van der Waals surface area contributed by atoms with Crippen molar-refractivity contribution in [3.63, 3.8) is 0 Å².